The lowest BCUT2D eigenvalue weighted by molar-refractivity contribution is -0.134. The van der Waals surface area contributed by atoms with Crippen LogP contribution in [-0.4, -0.2) is 18.9 Å². The second-order valence-electron chi connectivity index (χ2n) is 2.97. The minimum atomic E-state index is -0.630. The normalized spacial score (nSPS) is 10.6. The van der Waals surface area contributed by atoms with Crippen LogP contribution >= 0.6 is 34.8 Å². The predicted molar refractivity (Wildman–Crippen MR) is 67.0 cm³/mol. The molecule has 0 saturated carbocycles. The van der Waals surface area contributed by atoms with Gasteiger partial charge in [0.25, 0.3) is 0 Å². The topological polar surface area (TPSA) is 43.4 Å². The molecule has 0 aliphatic carbocycles. The van der Waals surface area contributed by atoms with Crippen molar-refractivity contribution in [3.63, 3.8) is 0 Å². The van der Waals surface area contributed by atoms with Gasteiger partial charge in [0, 0.05) is 11.6 Å². The van der Waals surface area contributed by atoms with Gasteiger partial charge in [0.1, 0.15) is 0 Å². The van der Waals surface area contributed by atoms with Gasteiger partial charge in [-0.05, 0) is 18.2 Å². The van der Waals surface area contributed by atoms with Crippen LogP contribution < -0.4 is 0 Å². The third-order valence-corrected chi connectivity index (χ3v) is 2.88. The van der Waals surface area contributed by atoms with Crippen molar-refractivity contribution in [1.29, 1.82) is 0 Å². The minimum absolute atomic E-state index is 0.166. The first kappa shape index (κ1) is 14.0. The van der Waals surface area contributed by atoms with Gasteiger partial charge in [-0.3, -0.25) is 4.79 Å². The molecule has 1 aromatic rings. The summed E-state index contributed by atoms with van der Waals surface area (Å²) >= 11 is 17.3. The van der Waals surface area contributed by atoms with E-state index in [-0.39, 0.29) is 20.6 Å². The highest BCUT2D eigenvalue weighted by Gasteiger charge is 2.11. The number of hydrogen-bond donors (Lipinski definition) is 0. The molecule has 0 aliphatic rings. The van der Waals surface area contributed by atoms with Crippen molar-refractivity contribution >= 4 is 46.6 Å². The second kappa shape index (κ2) is 6.05. The molecule has 0 saturated heterocycles. The number of ketones is 1. The Labute approximate surface area is 113 Å². The summed E-state index contributed by atoms with van der Waals surface area (Å²) < 4.78 is 4.35. The molecular formula is C11H7Cl3O3. The zero-order valence-corrected chi connectivity index (χ0v) is 10.9. The van der Waals surface area contributed by atoms with Crippen LogP contribution in [0.5, 0.6) is 0 Å². The maximum atomic E-state index is 11.7. The van der Waals surface area contributed by atoms with Crippen molar-refractivity contribution in [3.05, 3.63) is 44.9 Å². The molecule has 0 bridgehead atoms. The smallest absolute Gasteiger partial charge is 0.330 e. The zero-order valence-electron chi connectivity index (χ0n) is 8.67. The van der Waals surface area contributed by atoms with E-state index >= 15 is 0 Å². The second-order valence-corrected chi connectivity index (χ2v) is 4.19. The fourth-order valence-electron chi connectivity index (χ4n) is 1.01. The highest BCUT2D eigenvalue weighted by Crippen LogP contribution is 2.29. The summed E-state index contributed by atoms with van der Waals surface area (Å²) in [5, 5.41) is 0.634. The molecule has 0 amide bonds. The Kier molecular flexibility index (Phi) is 5.00. The lowest BCUT2D eigenvalue weighted by Gasteiger charge is -2.02. The van der Waals surface area contributed by atoms with Crippen molar-refractivity contribution in [2.45, 2.75) is 0 Å². The van der Waals surface area contributed by atoms with E-state index in [1.165, 1.54) is 19.2 Å². The summed E-state index contributed by atoms with van der Waals surface area (Å²) in [5.74, 6) is -1.09. The van der Waals surface area contributed by atoms with Crippen LogP contribution in [0.1, 0.15) is 10.4 Å². The molecule has 90 valence electrons. The number of allylic oxidation sites excluding steroid dienone is 1. The SMILES string of the molecule is COC(=O)/C=C/C(=O)c1cc(Cl)c(Cl)cc1Cl. The zero-order chi connectivity index (χ0) is 13.0. The maximum absolute atomic E-state index is 11.7. The summed E-state index contributed by atoms with van der Waals surface area (Å²) in [7, 11) is 1.21. The number of halogens is 3. The molecule has 0 fully saturated rings. The largest absolute Gasteiger partial charge is 0.466 e. The molecule has 0 atom stereocenters. The molecular weight excluding hydrogens is 286 g/mol. The Morgan fingerprint density at radius 2 is 1.65 bits per heavy atom. The monoisotopic (exact) mass is 292 g/mol. The van der Waals surface area contributed by atoms with Crippen molar-refractivity contribution in [2.75, 3.05) is 7.11 Å². The van der Waals surface area contributed by atoms with E-state index in [4.69, 9.17) is 34.8 Å². The molecule has 0 radical (unpaired) electrons. The summed E-state index contributed by atoms with van der Waals surface area (Å²) in [4.78, 5) is 22.5. The van der Waals surface area contributed by atoms with E-state index in [9.17, 15) is 9.59 Å². The Hall–Kier alpha value is -1.03. The van der Waals surface area contributed by atoms with Crippen molar-refractivity contribution < 1.29 is 14.3 Å². The average Bonchev–Trinajstić information content (AvgIpc) is 2.30. The molecule has 1 aromatic carbocycles. The van der Waals surface area contributed by atoms with Crippen LogP contribution in [0.3, 0.4) is 0 Å². The van der Waals surface area contributed by atoms with Crippen LogP contribution in [-0.2, 0) is 9.53 Å². The Bertz CT molecular complexity index is 495. The number of ether oxygens (including phenoxy) is 1. The van der Waals surface area contributed by atoms with Crippen LogP contribution in [0.25, 0.3) is 0 Å². The van der Waals surface area contributed by atoms with E-state index < -0.39 is 11.8 Å². The van der Waals surface area contributed by atoms with Gasteiger partial charge in [0.15, 0.2) is 5.78 Å². The fraction of sp³-hybridized carbons (Fsp3) is 0.0909. The number of hydrogen-bond acceptors (Lipinski definition) is 3. The molecule has 0 N–H and O–H groups in total. The summed E-state index contributed by atoms with van der Waals surface area (Å²) in [5.41, 5.74) is 0.168. The van der Waals surface area contributed by atoms with E-state index in [2.05, 4.69) is 4.74 Å². The number of carbonyl (C=O) groups is 2. The highest BCUT2D eigenvalue weighted by atomic mass is 35.5. The minimum Gasteiger partial charge on any atom is -0.466 e. The first-order chi connectivity index (χ1) is 7.95. The molecule has 0 aliphatic heterocycles. The standard InChI is InChI=1S/C11H7Cl3O3/c1-17-11(16)3-2-10(15)6-4-8(13)9(14)5-7(6)12/h2-5H,1H3/b3-2+. The van der Waals surface area contributed by atoms with E-state index in [0.717, 1.165) is 12.2 Å². The Balaban J connectivity index is 3.01. The van der Waals surface area contributed by atoms with Crippen LogP contribution in [0.4, 0.5) is 0 Å². The highest BCUT2D eigenvalue weighted by molar-refractivity contribution is 6.44. The molecule has 6 heteroatoms. The van der Waals surface area contributed by atoms with Gasteiger partial charge in [0.2, 0.25) is 0 Å². The maximum Gasteiger partial charge on any atom is 0.330 e. The Morgan fingerprint density at radius 3 is 2.24 bits per heavy atom. The average molecular weight is 294 g/mol. The van der Waals surface area contributed by atoms with Crippen molar-refractivity contribution in [3.8, 4) is 0 Å². The first-order valence-corrected chi connectivity index (χ1v) is 5.54. The molecule has 0 heterocycles. The summed E-state index contributed by atoms with van der Waals surface area (Å²) in [6, 6.07) is 2.71. The van der Waals surface area contributed by atoms with Crippen LogP contribution in [0.15, 0.2) is 24.3 Å². The van der Waals surface area contributed by atoms with Gasteiger partial charge in [-0.2, -0.15) is 0 Å². The summed E-state index contributed by atoms with van der Waals surface area (Å²) in [6.07, 6.45) is 2.05. The predicted octanol–water partition coefficient (Wildman–Crippen LogP) is 3.56. The van der Waals surface area contributed by atoms with Gasteiger partial charge in [0.05, 0.1) is 22.2 Å². The van der Waals surface area contributed by atoms with E-state index in [0.29, 0.717) is 0 Å². The molecule has 0 aromatic heterocycles. The lowest BCUT2D eigenvalue weighted by atomic mass is 10.1. The van der Waals surface area contributed by atoms with Gasteiger partial charge in [-0.1, -0.05) is 34.8 Å². The Morgan fingerprint density at radius 1 is 1.06 bits per heavy atom. The van der Waals surface area contributed by atoms with E-state index in [1.807, 2.05) is 0 Å². The van der Waals surface area contributed by atoms with Crippen LogP contribution in [0.2, 0.25) is 15.1 Å². The number of benzene rings is 1. The lowest BCUT2D eigenvalue weighted by Crippen LogP contribution is -1.99. The molecule has 1 rings (SSSR count). The third-order valence-electron chi connectivity index (χ3n) is 1.85. The summed E-state index contributed by atoms with van der Waals surface area (Å²) in [6.45, 7) is 0. The first-order valence-electron chi connectivity index (χ1n) is 4.40. The fourth-order valence-corrected chi connectivity index (χ4v) is 1.65. The van der Waals surface area contributed by atoms with Gasteiger partial charge in [-0.25, -0.2) is 4.79 Å². The number of rotatable bonds is 3. The van der Waals surface area contributed by atoms with E-state index in [1.54, 1.807) is 0 Å². The van der Waals surface area contributed by atoms with Crippen molar-refractivity contribution in [1.82, 2.24) is 0 Å². The molecule has 0 unspecified atom stereocenters. The number of methoxy groups -OCH3 is 1. The molecule has 0 spiro atoms. The van der Waals surface area contributed by atoms with Crippen molar-refractivity contribution in [2.24, 2.45) is 0 Å². The van der Waals surface area contributed by atoms with Gasteiger partial charge < -0.3 is 4.74 Å². The number of esters is 1. The van der Waals surface area contributed by atoms with Gasteiger partial charge >= 0.3 is 5.97 Å². The van der Waals surface area contributed by atoms with Crippen LogP contribution in [0, 0.1) is 0 Å². The molecule has 17 heavy (non-hydrogen) atoms. The molecule has 3 nitrogen and oxygen atoms in total. The third kappa shape index (κ3) is 3.73. The quantitative estimate of drug-likeness (QED) is 0.370. The number of carbonyl (C=O) groups excluding carboxylic acids is 2. The van der Waals surface area contributed by atoms with Gasteiger partial charge in [-0.15, -0.1) is 0 Å².